The van der Waals surface area contributed by atoms with E-state index >= 15 is 0 Å². The second kappa shape index (κ2) is 3.25. The Hall–Kier alpha value is 0.0200. The summed E-state index contributed by atoms with van der Waals surface area (Å²) in [5, 5.41) is 0. The van der Waals surface area contributed by atoms with Crippen molar-refractivity contribution < 1.29 is 4.79 Å². The van der Waals surface area contributed by atoms with Crippen LogP contribution >= 0.6 is 11.8 Å². The Balaban J connectivity index is 2.03. The van der Waals surface area contributed by atoms with Crippen molar-refractivity contribution in [2.45, 2.75) is 19.8 Å². The lowest BCUT2D eigenvalue weighted by Gasteiger charge is -1.93. The normalized spacial score (nSPS) is 17.9. The van der Waals surface area contributed by atoms with Crippen LogP contribution < -0.4 is 0 Å². The van der Waals surface area contributed by atoms with Crippen LogP contribution in [0.15, 0.2) is 0 Å². The van der Waals surface area contributed by atoms with Gasteiger partial charge in [-0.3, -0.25) is 4.79 Å². The largest absolute Gasteiger partial charge is 0.298 e. The molecule has 0 atom stereocenters. The van der Waals surface area contributed by atoms with Gasteiger partial charge in [-0.05, 0) is 18.6 Å². The van der Waals surface area contributed by atoms with Crippen LogP contribution in [0, 0.1) is 5.92 Å². The Morgan fingerprint density at radius 1 is 1.67 bits per heavy atom. The van der Waals surface area contributed by atoms with Gasteiger partial charge in [0, 0.05) is 5.92 Å². The molecule has 0 aromatic rings. The minimum Gasteiger partial charge on any atom is -0.298 e. The molecular weight excluding hydrogens is 132 g/mol. The number of hydrogen-bond acceptors (Lipinski definition) is 2. The number of carbonyl (C=O) groups is 1. The zero-order valence-corrected chi connectivity index (χ0v) is 6.54. The van der Waals surface area contributed by atoms with Gasteiger partial charge in [0.05, 0.1) is 5.75 Å². The summed E-state index contributed by atoms with van der Waals surface area (Å²) in [6.45, 7) is 2.09. The average Bonchev–Trinajstić information content (AvgIpc) is 2.63. The predicted molar refractivity (Wildman–Crippen MR) is 40.7 cm³/mol. The van der Waals surface area contributed by atoms with Gasteiger partial charge in [-0.1, -0.05) is 6.92 Å². The first kappa shape index (κ1) is 7.13. The molecule has 1 aliphatic rings. The fourth-order valence-corrected chi connectivity index (χ4v) is 1.37. The lowest BCUT2D eigenvalue weighted by Crippen LogP contribution is -2.03. The maximum absolute atomic E-state index is 10.9. The molecule has 2 heteroatoms. The molecule has 52 valence electrons. The smallest absolute Gasteiger partial charge is 0.145 e. The van der Waals surface area contributed by atoms with Gasteiger partial charge in [0.25, 0.3) is 0 Å². The third kappa shape index (κ3) is 2.39. The summed E-state index contributed by atoms with van der Waals surface area (Å²) in [6, 6.07) is 0. The number of rotatable bonds is 4. The molecule has 0 aromatic carbocycles. The second-order valence-corrected chi connectivity index (χ2v) is 3.65. The van der Waals surface area contributed by atoms with E-state index < -0.39 is 0 Å². The molecule has 1 nitrogen and oxygen atoms in total. The molecule has 0 aliphatic heterocycles. The molecule has 1 rings (SSSR count). The second-order valence-electron chi connectivity index (χ2n) is 2.38. The summed E-state index contributed by atoms with van der Waals surface area (Å²) < 4.78 is 0. The van der Waals surface area contributed by atoms with Crippen molar-refractivity contribution in [2.24, 2.45) is 5.92 Å². The van der Waals surface area contributed by atoms with Crippen molar-refractivity contribution in [2.75, 3.05) is 11.5 Å². The lowest BCUT2D eigenvalue weighted by atomic mass is 10.3. The maximum atomic E-state index is 10.9. The molecule has 0 saturated heterocycles. The van der Waals surface area contributed by atoms with Crippen LogP contribution in [0.2, 0.25) is 0 Å². The van der Waals surface area contributed by atoms with E-state index in [9.17, 15) is 4.79 Å². The summed E-state index contributed by atoms with van der Waals surface area (Å²) in [7, 11) is 0. The van der Waals surface area contributed by atoms with Gasteiger partial charge in [-0.2, -0.15) is 11.8 Å². The van der Waals surface area contributed by atoms with Crippen LogP contribution in [0.1, 0.15) is 19.8 Å². The zero-order valence-electron chi connectivity index (χ0n) is 5.72. The summed E-state index contributed by atoms with van der Waals surface area (Å²) in [4.78, 5) is 10.9. The molecule has 9 heavy (non-hydrogen) atoms. The van der Waals surface area contributed by atoms with E-state index in [1.54, 1.807) is 11.8 Å². The van der Waals surface area contributed by atoms with Gasteiger partial charge in [0.2, 0.25) is 0 Å². The molecule has 0 unspecified atom stereocenters. The quantitative estimate of drug-likeness (QED) is 0.597. The van der Waals surface area contributed by atoms with Crippen LogP contribution in [-0.4, -0.2) is 17.3 Å². The van der Waals surface area contributed by atoms with Crippen molar-refractivity contribution in [1.29, 1.82) is 0 Å². The summed E-state index contributed by atoms with van der Waals surface area (Å²) >= 11 is 1.74. The number of carbonyl (C=O) groups excluding carboxylic acids is 1. The predicted octanol–water partition coefficient (Wildman–Crippen LogP) is 1.72. The molecule has 0 aromatic heterocycles. The highest BCUT2D eigenvalue weighted by Crippen LogP contribution is 2.30. The van der Waals surface area contributed by atoms with Gasteiger partial charge >= 0.3 is 0 Å². The first-order valence-electron chi connectivity index (χ1n) is 3.45. The molecule has 0 bridgehead atoms. The van der Waals surface area contributed by atoms with Crippen LogP contribution in [0.5, 0.6) is 0 Å². The topological polar surface area (TPSA) is 17.1 Å². The molecule has 0 heterocycles. The van der Waals surface area contributed by atoms with Crippen molar-refractivity contribution >= 4 is 17.5 Å². The van der Waals surface area contributed by atoms with Gasteiger partial charge in [-0.15, -0.1) is 0 Å². The molecule has 0 N–H and O–H groups in total. The highest BCUT2D eigenvalue weighted by atomic mass is 32.2. The average molecular weight is 144 g/mol. The van der Waals surface area contributed by atoms with E-state index in [1.165, 1.54) is 0 Å². The van der Waals surface area contributed by atoms with Gasteiger partial charge in [-0.25, -0.2) is 0 Å². The summed E-state index contributed by atoms with van der Waals surface area (Å²) in [5.41, 5.74) is 0. The van der Waals surface area contributed by atoms with Crippen LogP contribution in [-0.2, 0) is 4.79 Å². The Bertz CT molecular complexity index is 107. The molecule has 1 aliphatic carbocycles. The number of Topliss-reactive ketones (excluding diaryl/α,β-unsaturated/α-hetero) is 1. The minimum atomic E-state index is 0.462. The standard InChI is InChI=1S/C7H12OS/c1-2-9-5-7(8)6-3-4-6/h6H,2-5H2,1H3. The van der Waals surface area contributed by atoms with Crippen molar-refractivity contribution in [3.8, 4) is 0 Å². The summed E-state index contributed by atoms with van der Waals surface area (Å²) in [6.07, 6.45) is 2.31. The van der Waals surface area contributed by atoms with E-state index in [0.29, 0.717) is 11.7 Å². The van der Waals surface area contributed by atoms with Crippen molar-refractivity contribution in [3.05, 3.63) is 0 Å². The van der Waals surface area contributed by atoms with Crippen LogP contribution in [0.25, 0.3) is 0 Å². The maximum Gasteiger partial charge on any atom is 0.145 e. The van der Waals surface area contributed by atoms with E-state index in [1.807, 2.05) is 0 Å². The molecule has 0 radical (unpaired) electrons. The van der Waals surface area contributed by atoms with Gasteiger partial charge in [0.1, 0.15) is 5.78 Å². The zero-order chi connectivity index (χ0) is 6.69. The van der Waals surface area contributed by atoms with Gasteiger partial charge < -0.3 is 0 Å². The summed E-state index contributed by atoms with van der Waals surface area (Å²) in [5.74, 6) is 2.76. The lowest BCUT2D eigenvalue weighted by molar-refractivity contribution is -0.117. The third-order valence-electron chi connectivity index (χ3n) is 1.48. The first-order chi connectivity index (χ1) is 4.34. The fraction of sp³-hybridized carbons (Fsp3) is 0.857. The number of hydrogen-bond donors (Lipinski definition) is 0. The van der Waals surface area contributed by atoms with E-state index in [2.05, 4.69) is 6.92 Å². The van der Waals surface area contributed by atoms with Crippen LogP contribution in [0.4, 0.5) is 0 Å². The van der Waals surface area contributed by atoms with E-state index in [0.717, 1.165) is 24.3 Å². The third-order valence-corrected chi connectivity index (χ3v) is 2.38. The van der Waals surface area contributed by atoms with Crippen molar-refractivity contribution in [3.63, 3.8) is 0 Å². The SMILES string of the molecule is CCSCC(=O)C1CC1. The van der Waals surface area contributed by atoms with E-state index in [4.69, 9.17) is 0 Å². The molecule has 1 fully saturated rings. The Kier molecular flexibility index (Phi) is 2.58. The Morgan fingerprint density at radius 2 is 2.33 bits per heavy atom. The van der Waals surface area contributed by atoms with Crippen molar-refractivity contribution in [1.82, 2.24) is 0 Å². The molecule has 0 spiro atoms. The van der Waals surface area contributed by atoms with Crippen LogP contribution in [0.3, 0.4) is 0 Å². The Labute approximate surface area is 60.2 Å². The number of ketones is 1. The van der Waals surface area contributed by atoms with Gasteiger partial charge in [0.15, 0.2) is 0 Å². The molecular formula is C7H12OS. The minimum absolute atomic E-state index is 0.462. The first-order valence-corrected chi connectivity index (χ1v) is 4.60. The Morgan fingerprint density at radius 3 is 2.78 bits per heavy atom. The highest BCUT2D eigenvalue weighted by Gasteiger charge is 2.28. The molecule has 0 amide bonds. The monoisotopic (exact) mass is 144 g/mol. The highest BCUT2D eigenvalue weighted by molar-refractivity contribution is 7.99. The van der Waals surface area contributed by atoms with E-state index in [-0.39, 0.29) is 0 Å². The fourth-order valence-electron chi connectivity index (χ4n) is 0.726. The molecule has 1 saturated carbocycles. The number of thioether (sulfide) groups is 1.